The topological polar surface area (TPSA) is 60.7 Å². The number of phenolic OH excluding ortho intramolecular Hbond substituents is 1. The lowest BCUT2D eigenvalue weighted by molar-refractivity contribution is 0.0949. The molecule has 0 amide bonds. The molecule has 0 aliphatic rings. The van der Waals surface area contributed by atoms with Gasteiger partial charge in [0.15, 0.2) is 0 Å². The first-order valence-corrected chi connectivity index (χ1v) is 4.21. The van der Waals surface area contributed by atoms with Crippen molar-refractivity contribution in [3.05, 3.63) is 28.2 Å². The summed E-state index contributed by atoms with van der Waals surface area (Å²) in [6.45, 7) is -0.359. The molecule has 3 nitrogen and oxygen atoms in total. The molecule has 1 aromatic carbocycles. The summed E-state index contributed by atoms with van der Waals surface area (Å²) < 4.78 is 0.668. The van der Waals surface area contributed by atoms with Crippen molar-refractivity contribution in [2.75, 3.05) is 6.61 Å². The van der Waals surface area contributed by atoms with Gasteiger partial charge in [0.2, 0.25) is 0 Å². The number of halogens is 1. The Hall–Kier alpha value is -0.580. The molecule has 0 aromatic heterocycles. The fraction of sp³-hybridized carbons (Fsp3) is 0.250. The Labute approximate surface area is 78.4 Å². The molecule has 1 atom stereocenters. The second-order valence-electron chi connectivity index (χ2n) is 2.40. The first-order chi connectivity index (χ1) is 5.65. The molecule has 66 valence electrons. The Morgan fingerprint density at radius 2 is 2.08 bits per heavy atom. The average Bonchev–Trinajstić information content (AvgIpc) is 2.08. The smallest absolute Gasteiger partial charge is 0.116 e. The van der Waals surface area contributed by atoms with Crippen LogP contribution in [0.1, 0.15) is 11.7 Å². The highest BCUT2D eigenvalue weighted by Gasteiger charge is 2.10. The molecular formula is C8H9BrO3. The third kappa shape index (κ3) is 1.97. The summed E-state index contributed by atoms with van der Waals surface area (Å²) in [5.74, 6) is 0.0701. The van der Waals surface area contributed by atoms with Crippen molar-refractivity contribution in [3.63, 3.8) is 0 Å². The summed E-state index contributed by atoms with van der Waals surface area (Å²) in [5, 5.41) is 27.0. The largest absolute Gasteiger partial charge is 0.508 e. The van der Waals surface area contributed by atoms with E-state index in [0.29, 0.717) is 10.0 Å². The van der Waals surface area contributed by atoms with Gasteiger partial charge in [-0.05, 0) is 18.2 Å². The van der Waals surface area contributed by atoms with Crippen LogP contribution in [0.4, 0.5) is 0 Å². The molecule has 0 bridgehead atoms. The SMILES string of the molecule is OC[C@H](O)c1cc(O)ccc1Br. The number of benzene rings is 1. The first kappa shape index (κ1) is 9.51. The van der Waals surface area contributed by atoms with Crippen LogP contribution in [0.25, 0.3) is 0 Å². The van der Waals surface area contributed by atoms with Gasteiger partial charge in [0, 0.05) is 10.0 Å². The van der Waals surface area contributed by atoms with Crippen LogP contribution in [-0.2, 0) is 0 Å². The maximum absolute atomic E-state index is 9.24. The van der Waals surface area contributed by atoms with Crippen LogP contribution in [0.2, 0.25) is 0 Å². The predicted octanol–water partition coefficient (Wildman–Crippen LogP) is 1.18. The Morgan fingerprint density at radius 1 is 1.42 bits per heavy atom. The van der Waals surface area contributed by atoms with Gasteiger partial charge in [-0.2, -0.15) is 0 Å². The summed E-state index contributed by atoms with van der Waals surface area (Å²) >= 11 is 3.19. The Balaban J connectivity index is 3.04. The third-order valence-corrected chi connectivity index (χ3v) is 2.23. The second-order valence-corrected chi connectivity index (χ2v) is 3.26. The fourth-order valence-electron chi connectivity index (χ4n) is 0.885. The van der Waals surface area contributed by atoms with Gasteiger partial charge in [0.25, 0.3) is 0 Å². The number of hydrogen-bond acceptors (Lipinski definition) is 3. The van der Waals surface area contributed by atoms with Crippen LogP contribution in [0.3, 0.4) is 0 Å². The minimum absolute atomic E-state index is 0.0701. The van der Waals surface area contributed by atoms with Crippen molar-refractivity contribution in [2.45, 2.75) is 6.10 Å². The van der Waals surface area contributed by atoms with Crippen molar-refractivity contribution in [3.8, 4) is 5.75 Å². The van der Waals surface area contributed by atoms with Crippen LogP contribution in [0, 0.1) is 0 Å². The summed E-state index contributed by atoms with van der Waals surface area (Å²) in [4.78, 5) is 0. The standard InChI is InChI=1S/C8H9BrO3/c9-7-2-1-5(11)3-6(7)8(12)4-10/h1-3,8,10-12H,4H2/t8-/m0/s1. The molecule has 4 heteroatoms. The van der Waals surface area contributed by atoms with E-state index in [0.717, 1.165) is 0 Å². The Kier molecular flexibility index (Phi) is 3.08. The van der Waals surface area contributed by atoms with E-state index in [1.165, 1.54) is 12.1 Å². The van der Waals surface area contributed by atoms with E-state index >= 15 is 0 Å². The quantitative estimate of drug-likeness (QED) is 0.718. The van der Waals surface area contributed by atoms with E-state index in [4.69, 9.17) is 10.2 Å². The monoisotopic (exact) mass is 232 g/mol. The lowest BCUT2D eigenvalue weighted by Crippen LogP contribution is -2.02. The minimum Gasteiger partial charge on any atom is -0.508 e. The molecule has 0 aliphatic heterocycles. The molecule has 0 aliphatic carbocycles. The summed E-state index contributed by atoms with van der Waals surface area (Å²) in [6.07, 6.45) is -0.952. The van der Waals surface area contributed by atoms with Crippen molar-refractivity contribution in [2.24, 2.45) is 0 Å². The number of phenols is 1. The van der Waals surface area contributed by atoms with E-state index in [2.05, 4.69) is 15.9 Å². The van der Waals surface area contributed by atoms with Crippen LogP contribution >= 0.6 is 15.9 Å². The molecule has 0 spiro atoms. The molecule has 0 radical (unpaired) electrons. The molecule has 3 N–H and O–H groups in total. The van der Waals surface area contributed by atoms with Crippen LogP contribution in [-0.4, -0.2) is 21.9 Å². The minimum atomic E-state index is -0.952. The predicted molar refractivity (Wildman–Crippen MR) is 47.9 cm³/mol. The molecule has 0 fully saturated rings. The van der Waals surface area contributed by atoms with Gasteiger partial charge in [-0.25, -0.2) is 0 Å². The van der Waals surface area contributed by atoms with Gasteiger partial charge in [-0.1, -0.05) is 15.9 Å². The Morgan fingerprint density at radius 3 is 2.67 bits per heavy atom. The average molecular weight is 233 g/mol. The molecule has 0 saturated carbocycles. The molecule has 0 heterocycles. The highest BCUT2D eigenvalue weighted by Crippen LogP contribution is 2.26. The van der Waals surface area contributed by atoms with E-state index < -0.39 is 6.10 Å². The molecular weight excluding hydrogens is 224 g/mol. The van der Waals surface area contributed by atoms with Crippen LogP contribution in [0.5, 0.6) is 5.75 Å². The van der Waals surface area contributed by atoms with Gasteiger partial charge in [-0.3, -0.25) is 0 Å². The molecule has 0 saturated heterocycles. The first-order valence-electron chi connectivity index (χ1n) is 3.42. The van der Waals surface area contributed by atoms with E-state index in [1.54, 1.807) is 6.07 Å². The zero-order chi connectivity index (χ0) is 9.14. The summed E-state index contributed by atoms with van der Waals surface area (Å²) in [5.41, 5.74) is 0.484. The van der Waals surface area contributed by atoms with E-state index in [1.807, 2.05) is 0 Å². The van der Waals surface area contributed by atoms with Crippen LogP contribution in [0.15, 0.2) is 22.7 Å². The van der Waals surface area contributed by atoms with Gasteiger partial charge in [0.05, 0.1) is 6.61 Å². The number of aromatic hydroxyl groups is 1. The number of rotatable bonds is 2. The number of aliphatic hydroxyl groups is 2. The van der Waals surface area contributed by atoms with E-state index in [-0.39, 0.29) is 12.4 Å². The Bertz CT molecular complexity index is 275. The zero-order valence-corrected chi connectivity index (χ0v) is 7.82. The maximum atomic E-state index is 9.24. The zero-order valence-electron chi connectivity index (χ0n) is 6.24. The fourth-order valence-corrected chi connectivity index (χ4v) is 1.40. The molecule has 1 rings (SSSR count). The lowest BCUT2D eigenvalue weighted by Gasteiger charge is -2.09. The summed E-state index contributed by atoms with van der Waals surface area (Å²) in [7, 11) is 0. The lowest BCUT2D eigenvalue weighted by atomic mass is 10.1. The second kappa shape index (κ2) is 3.89. The molecule has 0 unspecified atom stereocenters. The highest BCUT2D eigenvalue weighted by atomic mass is 79.9. The maximum Gasteiger partial charge on any atom is 0.116 e. The van der Waals surface area contributed by atoms with E-state index in [9.17, 15) is 5.11 Å². The summed E-state index contributed by atoms with van der Waals surface area (Å²) in [6, 6.07) is 4.52. The van der Waals surface area contributed by atoms with Gasteiger partial charge in [-0.15, -0.1) is 0 Å². The van der Waals surface area contributed by atoms with Crippen molar-refractivity contribution >= 4 is 15.9 Å². The highest BCUT2D eigenvalue weighted by molar-refractivity contribution is 9.10. The van der Waals surface area contributed by atoms with Crippen molar-refractivity contribution in [1.29, 1.82) is 0 Å². The molecule has 12 heavy (non-hydrogen) atoms. The van der Waals surface area contributed by atoms with Crippen molar-refractivity contribution in [1.82, 2.24) is 0 Å². The normalized spacial score (nSPS) is 12.9. The van der Waals surface area contributed by atoms with Crippen LogP contribution < -0.4 is 0 Å². The molecule has 1 aromatic rings. The van der Waals surface area contributed by atoms with Gasteiger partial charge >= 0.3 is 0 Å². The third-order valence-electron chi connectivity index (χ3n) is 1.51. The van der Waals surface area contributed by atoms with Crippen molar-refractivity contribution < 1.29 is 15.3 Å². The van der Waals surface area contributed by atoms with Gasteiger partial charge < -0.3 is 15.3 Å². The number of hydrogen-bond donors (Lipinski definition) is 3. The van der Waals surface area contributed by atoms with Gasteiger partial charge in [0.1, 0.15) is 11.9 Å². The number of aliphatic hydroxyl groups excluding tert-OH is 2.